The molecule has 1 saturated heterocycles. The summed E-state index contributed by atoms with van der Waals surface area (Å²) < 4.78 is 31.5. The fourth-order valence-corrected chi connectivity index (χ4v) is 5.00. The summed E-state index contributed by atoms with van der Waals surface area (Å²) in [7, 11) is -3.48. The molecule has 1 fully saturated rings. The van der Waals surface area contributed by atoms with Gasteiger partial charge in [0, 0.05) is 12.8 Å². The molecule has 0 N–H and O–H groups in total. The molecule has 1 atom stereocenters. The van der Waals surface area contributed by atoms with Gasteiger partial charge in [0.2, 0.25) is 5.79 Å². The van der Waals surface area contributed by atoms with E-state index in [0.29, 0.717) is 0 Å². The standard InChI is InChI=1S/C21H34O5S/c1-4-6-11-15-21(16-12-7-5-2)24-17-20(3,25-26-21)18-27(22,23)19-13-9-8-10-14-19/h8-10,13-14H,4-7,11-12,15-18H2,1-3H3. The van der Waals surface area contributed by atoms with Crippen molar-refractivity contribution in [3.63, 3.8) is 0 Å². The Balaban J connectivity index is 2.02. The number of benzene rings is 1. The van der Waals surface area contributed by atoms with Gasteiger partial charge in [-0.3, -0.25) is 0 Å². The van der Waals surface area contributed by atoms with E-state index in [9.17, 15) is 8.42 Å². The first kappa shape index (κ1) is 22.3. The highest BCUT2D eigenvalue weighted by Gasteiger charge is 2.46. The van der Waals surface area contributed by atoms with E-state index >= 15 is 0 Å². The molecule has 6 heteroatoms. The monoisotopic (exact) mass is 398 g/mol. The van der Waals surface area contributed by atoms with Crippen LogP contribution in [0.25, 0.3) is 0 Å². The lowest BCUT2D eigenvalue weighted by atomic mass is 10.00. The molecule has 27 heavy (non-hydrogen) atoms. The molecular formula is C21H34O5S. The number of sulfone groups is 1. The molecule has 154 valence electrons. The number of unbranched alkanes of at least 4 members (excludes halogenated alkanes) is 4. The molecule has 1 aromatic rings. The van der Waals surface area contributed by atoms with Crippen LogP contribution in [-0.2, 0) is 24.3 Å². The Morgan fingerprint density at radius 3 is 2.00 bits per heavy atom. The van der Waals surface area contributed by atoms with Crippen LogP contribution < -0.4 is 0 Å². The molecule has 1 aliphatic heterocycles. The zero-order valence-electron chi connectivity index (χ0n) is 16.9. The SMILES string of the molecule is CCCCCC1(CCCCC)OCC(C)(CS(=O)(=O)c2ccccc2)OO1. The van der Waals surface area contributed by atoms with E-state index in [-0.39, 0.29) is 17.3 Å². The Hall–Kier alpha value is -0.950. The van der Waals surface area contributed by atoms with Crippen LogP contribution in [0, 0.1) is 0 Å². The van der Waals surface area contributed by atoms with E-state index in [2.05, 4.69) is 13.8 Å². The first-order valence-electron chi connectivity index (χ1n) is 10.1. The van der Waals surface area contributed by atoms with Crippen molar-refractivity contribution in [2.75, 3.05) is 12.4 Å². The van der Waals surface area contributed by atoms with Gasteiger partial charge < -0.3 is 4.74 Å². The maximum absolute atomic E-state index is 12.7. The van der Waals surface area contributed by atoms with Gasteiger partial charge >= 0.3 is 0 Å². The number of hydrogen-bond acceptors (Lipinski definition) is 5. The Bertz CT molecular complexity index is 636. The van der Waals surface area contributed by atoms with Crippen molar-refractivity contribution >= 4 is 9.84 Å². The molecule has 0 bridgehead atoms. The normalized spacial score (nSPS) is 22.6. The average Bonchev–Trinajstić information content (AvgIpc) is 2.65. The third-order valence-electron chi connectivity index (χ3n) is 4.96. The molecular weight excluding hydrogens is 364 g/mol. The summed E-state index contributed by atoms with van der Waals surface area (Å²) in [6, 6.07) is 8.43. The predicted octanol–water partition coefficient (Wildman–Crippen LogP) is 5.05. The van der Waals surface area contributed by atoms with Crippen LogP contribution in [0.5, 0.6) is 0 Å². The Kier molecular flexibility index (Phi) is 8.28. The van der Waals surface area contributed by atoms with Crippen LogP contribution in [0.2, 0.25) is 0 Å². The van der Waals surface area contributed by atoms with E-state index in [0.717, 1.165) is 51.4 Å². The smallest absolute Gasteiger partial charge is 0.201 e. The number of hydrogen-bond donors (Lipinski definition) is 0. The Labute approximate surface area is 164 Å². The van der Waals surface area contributed by atoms with E-state index in [1.807, 2.05) is 0 Å². The molecule has 0 saturated carbocycles. The van der Waals surface area contributed by atoms with Gasteiger partial charge in [-0.2, -0.15) is 0 Å². The van der Waals surface area contributed by atoms with Gasteiger partial charge in [-0.25, -0.2) is 18.2 Å². The second kappa shape index (κ2) is 10.0. The second-order valence-electron chi connectivity index (χ2n) is 7.80. The number of rotatable bonds is 11. The fraction of sp³-hybridized carbons (Fsp3) is 0.714. The van der Waals surface area contributed by atoms with Crippen LogP contribution in [0.15, 0.2) is 35.2 Å². The molecule has 1 aliphatic rings. The van der Waals surface area contributed by atoms with E-state index < -0.39 is 21.2 Å². The summed E-state index contributed by atoms with van der Waals surface area (Å²) in [5.41, 5.74) is -1.02. The van der Waals surface area contributed by atoms with Crippen molar-refractivity contribution in [1.29, 1.82) is 0 Å². The highest BCUT2D eigenvalue weighted by Crippen LogP contribution is 2.36. The van der Waals surface area contributed by atoms with E-state index in [4.69, 9.17) is 14.5 Å². The molecule has 0 aliphatic carbocycles. The summed E-state index contributed by atoms with van der Waals surface area (Å²) in [5.74, 6) is -0.926. The van der Waals surface area contributed by atoms with Gasteiger partial charge in [-0.15, -0.1) is 0 Å². The van der Waals surface area contributed by atoms with Crippen molar-refractivity contribution in [2.45, 2.75) is 88.4 Å². The number of ether oxygens (including phenoxy) is 1. The zero-order valence-corrected chi connectivity index (χ0v) is 17.7. The van der Waals surface area contributed by atoms with Crippen molar-refractivity contribution < 1.29 is 22.9 Å². The third kappa shape index (κ3) is 6.56. The minimum absolute atomic E-state index is 0.177. The summed E-state index contributed by atoms with van der Waals surface area (Å²) >= 11 is 0. The molecule has 1 heterocycles. The highest BCUT2D eigenvalue weighted by atomic mass is 32.2. The third-order valence-corrected chi connectivity index (χ3v) is 6.94. The van der Waals surface area contributed by atoms with Crippen LogP contribution in [0.4, 0.5) is 0 Å². The topological polar surface area (TPSA) is 61.8 Å². The van der Waals surface area contributed by atoms with Crippen molar-refractivity contribution in [3.8, 4) is 0 Å². The second-order valence-corrected chi connectivity index (χ2v) is 9.79. The van der Waals surface area contributed by atoms with E-state index in [1.165, 1.54) is 0 Å². The summed E-state index contributed by atoms with van der Waals surface area (Å²) in [6.45, 7) is 6.26. The lowest BCUT2D eigenvalue weighted by molar-refractivity contribution is -0.508. The Morgan fingerprint density at radius 2 is 1.52 bits per heavy atom. The van der Waals surface area contributed by atoms with Crippen LogP contribution in [0.3, 0.4) is 0 Å². The first-order valence-corrected chi connectivity index (χ1v) is 11.8. The molecule has 0 spiro atoms. The first-order chi connectivity index (χ1) is 12.8. The summed E-state index contributed by atoms with van der Waals surface area (Å²) in [4.78, 5) is 11.8. The van der Waals surface area contributed by atoms with Crippen LogP contribution in [-0.4, -0.2) is 32.2 Å². The van der Waals surface area contributed by atoms with Gasteiger partial charge in [-0.05, 0) is 31.9 Å². The van der Waals surface area contributed by atoms with Gasteiger partial charge in [-0.1, -0.05) is 57.7 Å². The van der Waals surface area contributed by atoms with E-state index in [1.54, 1.807) is 37.3 Å². The summed E-state index contributed by atoms with van der Waals surface area (Å²) in [5, 5.41) is 0. The van der Waals surface area contributed by atoms with Crippen LogP contribution >= 0.6 is 0 Å². The van der Waals surface area contributed by atoms with Crippen molar-refractivity contribution in [2.24, 2.45) is 0 Å². The molecule has 0 aromatic heterocycles. The quantitative estimate of drug-likeness (QED) is 0.385. The zero-order chi connectivity index (χ0) is 19.8. The summed E-state index contributed by atoms with van der Waals surface area (Å²) in [6.07, 6.45) is 8.02. The van der Waals surface area contributed by atoms with Gasteiger partial charge in [0.1, 0.15) is 5.60 Å². The molecule has 2 rings (SSSR count). The highest BCUT2D eigenvalue weighted by molar-refractivity contribution is 7.91. The van der Waals surface area contributed by atoms with Crippen molar-refractivity contribution in [1.82, 2.24) is 0 Å². The average molecular weight is 399 g/mol. The minimum atomic E-state index is -3.48. The maximum Gasteiger partial charge on any atom is 0.201 e. The van der Waals surface area contributed by atoms with Crippen LogP contribution in [0.1, 0.15) is 72.1 Å². The molecule has 5 nitrogen and oxygen atoms in total. The largest absolute Gasteiger partial charge is 0.344 e. The fourth-order valence-electron chi connectivity index (χ4n) is 3.33. The lowest BCUT2D eigenvalue weighted by Crippen LogP contribution is -2.53. The minimum Gasteiger partial charge on any atom is -0.344 e. The van der Waals surface area contributed by atoms with Crippen molar-refractivity contribution in [3.05, 3.63) is 30.3 Å². The maximum atomic E-state index is 12.7. The molecule has 1 aromatic carbocycles. The van der Waals surface area contributed by atoms with Gasteiger partial charge in [0.05, 0.1) is 17.3 Å². The predicted molar refractivity (Wildman–Crippen MR) is 106 cm³/mol. The molecule has 0 radical (unpaired) electrons. The van der Waals surface area contributed by atoms with Gasteiger partial charge in [0.25, 0.3) is 0 Å². The molecule has 1 unspecified atom stereocenters. The molecule has 0 amide bonds. The lowest BCUT2D eigenvalue weighted by Gasteiger charge is -2.43. The Morgan fingerprint density at radius 1 is 0.926 bits per heavy atom. The van der Waals surface area contributed by atoms with Gasteiger partial charge in [0.15, 0.2) is 9.84 Å².